The highest BCUT2D eigenvalue weighted by atomic mass is 16.5. The van der Waals surface area contributed by atoms with Crippen molar-refractivity contribution in [3.05, 3.63) is 12.2 Å². The van der Waals surface area contributed by atoms with Crippen molar-refractivity contribution >= 4 is 18.3 Å². The van der Waals surface area contributed by atoms with Gasteiger partial charge in [-0.15, -0.1) is 0 Å². The highest BCUT2D eigenvalue weighted by molar-refractivity contribution is 5.86. The molecule has 1 N–H and O–H groups in total. The van der Waals surface area contributed by atoms with E-state index in [2.05, 4.69) is 5.32 Å². The molecule has 0 saturated carbocycles. The van der Waals surface area contributed by atoms with E-state index in [9.17, 15) is 14.4 Å². The van der Waals surface area contributed by atoms with E-state index >= 15 is 0 Å². The van der Waals surface area contributed by atoms with Gasteiger partial charge in [0.05, 0.1) is 13.2 Å². The number of carbonyl (C=O) groups excluding carboxylic acids is 3. The van der Waals surface area contributed by atoms with Crippen LogP contribution in [0.5, 0.6) is 0 Å². The van der Waals surface area contributed by atoms with Crippen molar-refractivity contribution in [2.24, 2.45) is 0 Å². The maximum absolute atomic E-state index is 10.8. The predicted molar refractivity (Wildman–Crippen MR) is 55.8 cm³/mol. The number of allylic oxidation sites excluding steroid dienone is 1. The first-order chi connectivity index (χ1) is 7.70. The molecule has 0 bridgehead atoms. The normalized spacial score (nSPS) is 9.81. The van der Waals surface area contributed by atoms with Crippen LogP contribution in [0.4, 0.5) is 4.79 Å². The lowest BCUT2D eigenvalue weighted by Crippen LogP contribution is -2.19. The van der Waals surface area contributed by atoms with Crippen molar-refractivity contribution in [1.82, 2.24) is 5.32 Å². The third-order valence-electron chi connectivity index (χ3n) is 1.53. The third kappa shape index (κ3) is 8.74. The van der Waals surface area contributed by atoms with Crippen molar-refractivity contribution < 1.29 is 23.9 Å². The Morgan fingerprint density at radius 3 is 2.38 bits per heavy atom. The number of esters is 1. The second-order valence-electron chi connectivity index (χ2n) is 2.76. The number of aldehydes is 1. The van der Waals surface area contributed by atoms with E-state index in [1.54, 1.807) is 0 Å². The van der Waals surface area contributed by atoms with Crippen LogP contribution in [-0.2, 0) is 19.1 Å². The highest BCUT2D eigenvalue weighted by Gasteiger charge is 1.98. The van der Waals surface area contributed by atoms with E-state index in [-0.39, 0.29) is 13.2 Å². The van der Waals surface area contributed by atoms with Crippen LogP contribution in [0.15, 0.2) is 12.2 Å². The predicted octanol–water partition coefficient (Wildman–Crippen LogP) is 0.421. The number of rotatable bonds is 7. The summed E-state index contributed by atoms with van der Waals surface area (Å²) < 4.78 is 9.45. The van der Waals surface area contributed by atoms with Gasteiger partial charge in [-0.05, 0) is 18.9 Å². The van der Waals surface area contributed by atoms with Crippen molar-refractivity contribution in [3.63, 3.8) is 0 Å². The Morgan fingerprint density at radius 1 is 1.19 bits per heavy atom. The summed E-state index contributed by atoms with van der Waals surface area (Å²) in [6.07, 6.45) is 3.34. The topological polar surface area (TPSA) is 81.7 Å². The molecule has 0 radical (unpaired) electrons. The summed E-state index contributed by atoms with van der Waals surface area (Å²) >= 11 is 0. The third-order valence-corrected chi connectivity index (χ3v) is 1.53. The van der Waals surface area contributed by atoms with Crippen LogP contribution in [0.25, 0.3) is 0 Å². The Balaban J connectivity index is 3.33. The van der Waals surface area contributed by atoms with Crippen molar-refractivity contribution in [3.8, 4) is 0 Å². The molecule has 0 spiro atoms. The van der Waals surface area contributed by atoms with Gasteiger partial charge in [0.25, 0.3) is 0 Å². The lowest BCUT2D eigenvalue weighted by Gasteiger charge is -2.03. The largest absolute Gasteiger partial charge is 0.463 e. The van der Waals surface area contributed by atoms with Crippen LogP contribution in [-0.4, -0.2) is 38.6 Å². The fourth-order valence-corrected chi connectivity index (χ4v) is 0.780. The molecule has 90 valence electrons. The van der Waals surface area contributed by atoms with Gasteiger partial charge in [0.1, 0.15) is 6.29 Å². The molecule has 16 heavy (non-hydrogen) atoms. The highest BCUT2D eigenvalue weighted by Crippen LogP contribution is 1.92. The maximum atomic E-state index is 10.8. The molecule has 0 aromatic carbocycles. The summed E-state index contributed by atoms with van der Waals surface area (Å²) in [4.78, 5) is 31.3. The maximum Gasteiger partial charge on any atom is 0.406 e. The van der Waals surface area contributed by atoms with Crippen LogP contribution in [0, 0.1) is 0 Å². The first-order valence-corrected chi connectivity index (χ1v) is 4.83. The molecule has 0 unspecified atom stereocenters. The minimum atomic E-state index is -0.556. The van der Waals surface area contributed by atoms with Crippen molar-refractivity contribution in [2.75, 3.05) is 20.3 Å². The Morgan fingerprint density at radius 2 is 1.81 bits per heavy atom. The average molecular weight is 229 g/mol. The van der Waals surface area contributed by atoms with E-state index in [1.165, 1.54) is 7.05 Å². The zero-order valence-corrected chi connectivity index (χ0v) is 9.10. The van der Waals surface area contributed by atoms with Crippen molar-refractivity contribution in [2.45, 2.75) is 12.8 Å². The molecular weight excluding hydrogens is 214 g/mol. The first kappa shape index (κ1) is 14.2. The summed E-state index contributed by atoms with van der Waals surface area (Å²) in [5.41, 5.74) is 0. The summed E-state index contributed by atoms with van der Waals surface area (Å²) in [5.74, 6) is -0.556. The van der Waals surface area contributed by atoms with Crippen molar-refractivity contribution in [1.29, 1.82) is 0 Å². The SMILES string of the molecule is CNC(=O)OCCCCOC(=O)/C=C\C=O. The van der Waals surface area contributed by atoms with Gasteiger partial charge in [0, 0.05) is 13.1 Å². The molecule has 0 heterocycles. The number of hydrogen-bond donors (Lipinski definition) is 1. The second-order valence-corrected chi connectivity index (χ2v) is 2.76. The molecule has 6 heteroatoms. The van der Waals surface area contributed by atoms with Gasteiger partial charge in [-0.1, -0.05) is 0 Å². The quantitative estimate of drug-likeness (QED) is 0.296. The molecule has 0 fully saturated rings. The Kier molecular flexibility index (Phi) is 8.57. The van der Waals surface area contributed by atoms with E-state index in [0.29, 0.717) is 19.1 Å². The first-order valence-electron chi connectivity index (χ1n) is 4.83. The fourth-order valence-electron chi connectivity index (χ4n) is 0.780. The van der Waals surface area contributed by atoms with E-state index in [1.807, 2.05) is 0 Å². The van der Waals surface area contributed by atoms with Crippen LogP contribution < -0.4 is 5.32 Å². The monoisotopic (exact) mass is 229 g/mol. The molecular formula is C10H15NO5. The number of hydrogen-bond acceptors (Lipinski definition) is 5. The lowest BCUT2D eigenvalue weighted by atomic mass is 10.3. The van der Waals surface area contributed by atoms with Gasteiger partial charge < -0.3 is 14.8 Å². The van der Waals surface area contributed by atoms with E-state index in [0.717, 1.165) is 12.2 Å². The molecule has 0 aliphatic carbocycles. The summed E-state index contributed by atoms with van der Waals surface area (Å²) in [6, 6.07) is 0. The molecule has 0 aliphatic heterocycles. The van der Waals surface area contributed by atoms with Crippen LogP contribution >= 0.6 is 0 Å². The van der Waals surface area contributed by atoms with Crippen LogP contribution in [0.3, 0.4) is 0 Å². The number of amides is 1. The van der Waals surface area contributed by atoms with Gasteiger partial charge in [0.2, 0.25) is 0 Å². The van der Waals surface area contributed by atoms with Gasteiger partial charge >= 0.3 is 12.1 Å². The molecule has 0 rings (SSSR count). The van der Waals surface area contributed by atoms with Crippen LogP contribution in [0.1, 0.15) is 12.8 Å². The molecule has 0 saturated heterocycles. The molecule has 0 aromatic rings. The standard InChI is InChI=1S/C10H15NO5/c1-11-10(14)16-8-3-2-7-15-9(13)5-4-6-12/h4-6H,2-3,7-8H2,1H3,(H,11,14)/b5-4-. The van der Waals surface area contributed by atoms with E-state index < -0.39 is 12.1 Å². The van der Waals surface area contributed by atoms with Crippen LogP contribution in [0.2, 0.25) is 0 Å². The summed E-state index contributed by atoms with van der Waals surface area (Å²) in [6.45, 7) is 0.514. The number of carbonyl (C=O) groups is 3. The summed E-state index contributed by atoms with van der Waals surface area (Å²) in [5, 5.41) is 2.31. The molecule has 1 amide bonds. The Bertz CT molecular complexity index is 262. The molecule has 0 aliphatic rings. The zero-order chi connectivity index (χ0) is 12.2. The van der Waals surface area contributed by atoms with Gasteiger partial charge in [-0.2, -0.15) is 0 Å². The summed E-state index contributed by atoms with van der Waals surface area (Å²) in [7, 11) is 1.48. The fraction of sp³-hybridized carbons (Fsp3) is 0.500. The van der Waals surface area contributed by atoms with Gasteiger partial charge in [0.15, 0.2) is 0 Å². The Hall–Kier alpha value is -1.85. The van der Waals surface area contributed by atoms with Gasteiger partial charge in [-0.3, -0.25) is 4.79 Å². The zero-order valence-electron chi connectivity index (χ0n) is 9.10. The average Bonchev–Trinajstić information content (AvgIpc) is 2.30. The van der Waals surface area contributed by atoms with Gasteiger partial charge in [-0.25, -0.2) is 9.59 Å². The Labute approximate surface area is 93.6 Å². The number of ether oxygens (including phenoxy) is 2. The number of alkyl carbamates (subject to hydrolysis) is 1. The minimum Gasteiger partial charge on any atom is -0.463 e. The molecule has 0 aromatic heterocycles. The number of nitrogens with one attached hydrogen (secondary N) is 1. The van der Waals surface area contributed by atoms with E-state index in [4.69, 9.17) is 9.47 Å². The molecule has 6 nitrogen and oxygen atoms in total. The number of unbranched alkanes of at least 4 members (excludes halogenated alkanes) is 1. The minimum absolute atomic E-state index is 0.235. The lowest BCUT2D eigenvalue weighted by molar-refractivity contribution is -0.138. The smallest absolute Gasteiger partial charge is 0.406 e. The second kappa shape index (κ2) is 9.70. The molecule has 0 atom stereocenters.